The lowest BCUT2D eigenvalue weighted by Crippen LogP contribution is -1.87. The van der Waals surface area contributed by atoms with Gasteiger partial charge < -0.3 is 9.97 Å². The van der Waals surface area contributed by atoms with Gasteiger partial charge in [-0.3, -0.25) is 0 Å². The lowest BCUT2D eigenvalue weighted by atomic mass is 9.91. The number of hydrogen-bond acceptors (Lipinski definition) is 2. The predicted molar refractivity (Wildman–Crippen MR) is 337 cm³/mol. The van der Waals surface area contributed by atoms with Crippen molar-refractivity contribution in [2.75, 3.05) is 0 Å². The fourth-order valence-corrected chi connectivity index (χ4v) is 12.1. The fraction of sp³-hybridized carbons (Fsp3) is 0. The third-order valence-electron chi connectivity index (χ3n) is 15.5. The van der Waals surface area contributed by atoms with Crippen molar-refractivity contribution < 1.29 is 27.4 Å². The molecule has 8 bridgehead atoms. The van der Waals surface area contributed by atoms with Crippen LogP contribution in [0.4, 0.5) is 0 Å². The SMILES string of the molecule is [2H]c1c([2H])c([2H])c(-c2c3nc(c(-c4c([2H])c([2H])c([2H])c([2H])c4[2H])c4[nH]c(c(-c5c([2H])c([2H])c([2H])c([2H])c5[2H])c5nc(c(-c6c([2H])c([2H])c([2H])c([2H])c6[2H])c6[nH]c2c2cc7ccccc7cc62)-c2cc6ccccc6cc2-5)c2cc5ccccc5cc42)-c2cc4ccccc4cc2-3)c([2H])c1[2H]. The van der Waals surface area contributed by atoms with Crippen LogP contribution in [0.2, 0.25) is 0 Å². The molecule has 0 saturated heterocycles. The van der Waals surface area contributed by atoms with Crippen molar-refractivity contribution in [1.82, 2.24) is 19.9 Å². The summed E-state index contributed by atoms with van der Waals surface area (Å²) in [6, 6.07) is 30.0. The van der Waals surface area contributed by atoms with E-state index < -0.39 is 121 Å². The van der Waals surface area contributed by atoms with Gasteiger partial charge in [0.15, 0.2) is 0 Å². The first-order valence-corrected chi connectivity index (χ1v) is 25.8. The van der Waals surface area contributed by atoms with Crippen LogP contribution in [0.3, 0.4) is 0 Å². The van der Waals surface area contributed by atoms with Gasteiger partial charge in [0.25, 0.3) is 0 Å². The highest BCUT2D eigenvalue weighted by Gasteiger charge is 2.31. The molecular formula is C76H46N4. The van der Waals surface area contributed by atoms with Crippen LogP contribution in [0.15, 0.2) is 266 Å². The van der Waals surface area contributed by atoms with Crippen LogP contribution in [0.25, 0.3) is 176 Å². The molecule has 1 aliphatic carbocycles. The molecule has 2 aromatic heterocycles. The van der Waals surface area contributed by atoms with Gasteiger partial charge in [-0.25, -0.2) is 9.97 Å². The van der Waals surface area contributed by atoms with Gasteiger partial charge in [-0.2, -0.15) is 0 Å². The zero-order valence-electron chi connectivity index (χ0n) is 61.8. The van der Waals surface area contributed by atoms with Crippen LogP contribution >= 0.6 is 0 Å². The summed E-state index contributed by atoms with van der Waals surface area (Å²) in [6.45, 7) is 0. The Labute approximate surface area is 488 Å². The second-order valence-electron chi connectivity index (χ2n) is 19.8. The Kier molecular flexibility index (Phi) is 6.35. The van der Waals surface area contributed by atoms with E-state index in [2.05, 4.69) is 9.97 Å². The summed E-state index contributed by atoms with van der Waals surface area (Å²) in [5.74, 6) is 0. The van der Waals surface area contributed by atoms with Crippen LogP contribution < -0.4 is 0 Å². The molecule has 80 heavy (non-hydrogen) atoms. The van der Waals surface area contributed by atoms with Crippen molar-refractivity contribution in [2.24, 2.45) is 0 Å². The Morgan fingerprint density at radius 2 is 0.450 bits per heavy atom. The van der Waals surface area contributed by atoms with Crippen LogP contribution in [-0.2, 0) is 0 Å². The van der Waals surface area contributed by atoms with Crippen LogP contribution in [0.1, 0.15) is 27.4 Å². The summed E-state index contributed by atoms with van der Waals surface area (Å²) in [7, 11) is 0. The van der Waals surface area contributed by atoms with E-state index in [1.54, 1.807) is 0 Å². The van der Waals surface area contributed by atoms with E-state index in [4.69, 9.17) is 15.5 Å². The summed E-state index contributed by atoms with van der Waals surface area (Å²) < 4.78 is 191. The third kappa shape index (κ3) is 6.76. The molecule has 17 rings (SSSR count). The number of fused-ring (bicyclic) bond motifs is 4. The van der Waals surface area contributed by atoms with Crippen molar-refractivity contribution in [2.45, 2.75) is 0 Å². The molecule has 0 saturated carbocycles. The van der Waals surface area contributed by atoms with Gasteiger partial charge in [0.2, 0.25) is 0 Å². The summed E-state index contributed by atoms with van der Waals surface area (Å²) in [4.78, 5) is 18.7. The largest absolute Gasteiger partial charge is 0.353 e. The molecule has 370 valence electrons. The molecule has 0 fully saturated rings. The number of nitrogens with zero attached hydrogens (tertiary/aromatic N) is 2. The predicted octanol–water partition coefficient (Wildman–Crippen LogP) is 20.6. The summed E-state index contributed by atoms with van der Waals surface area (Å²) in [5, 5.41) is 6.35. The maximum atomic E-state index is 10.0. The molecule has 0 amide bonds. The molecule has 0 atom stereocenters. The molecule has 0 radical (unpaired) electrons. The van der Waals surface area contributed by atoms with E-state index in [-0.39, 0.29) is 112 Å². The number of rotatable bonds is 4. The Bertz CT molecular complexity index is 5670. The first-order valence-electron chi connectivity index (χ1n) is 35.8. The standard InChI is InChI=1S/C76H46N4/c1-5-21-45(22-6-1)65-69-57-37-49-29-13-15-31-51(49)39-59(57)71(77-69)66(46-23-7-2-8-24-46)73-61-41-53-33-17-19-35-55(53)43-63(61)75(79-73)68(48-27-11-4-12-28-48)76-64-44-56-36-20-18-34-54(56)42-62(64)74(80-76)67(47-25-9-3-10-26-47)72-60-40-52-32-16-14-30-50(52)38-58(60)70(65)78-72/h1-44,77,80H/i1D,2D,3D,4D,5D,6D,7D,8D,9D,10D,11D,12D,21D,22D,23D,24D,25D,26D,27D,28D. The fourth-order valence-electron chi connectivity index (χ4n) is 12.1. The molecule has 4 heterocycles. The highest BCUT2D eigenvalue weighted by Crippen LogP contribution is 2.53. The average molecular weight is 1040 g/mol. The molecule has 0 unspecified atom stereocenters. The molecule has 4 heteroatoms. The number of H-pyrrole nitrogens is 2. The zero-order chi connectivity index (χ0) is 69.8. The number of aromatic nitrogens is 4. The zero-order valence-corrected chi connectivity index (χ0v) is 41.8. The smallest absolute Gasteiger partial charge is 0.0816 e. The van der Waals surface area contributed by atoms with Gasteiger partial charge in [0, 0.05) is 66.1 Å². The Balaban J connectivity index is 1.30. The Morgan fingerprint density at radius 3 is 0.662 bits per heavy atom. The van der Waals surface area contributed by atoms with E-state index in [1.807, 2.05) is 146 Å². The van der Waals surface area contributed by atoms with Gasteiger partial charge in [-0.15, -0.1) is 0 Å². The van der Waals surface area contributed by atoms with Crippen LogP contribution in [-0.4, -0.2) is 19.9 Å². The lowest BCUT2D eigenvalue weighted by molar-refractivity contribution is 1.39. The summed E-state index contributed by atoms with van der Waals surface area (Å²) >= 11 is 0. The van der Waals surface area contributed by atoms with Gasteiger partial charge in [-0.05, 0) is 114 Å². The first kappa shape index (κ1) is 29.2. The second-order valence-corrected chi connectivity index (χ2v) is 19.8. The number of aromatic amines is 2. The highest BCUT2D eigenvalue weighted by molar-refractivity contribution is 6.25. The maximum Gasteiger partial charge on any atom is 0.0816 e. The van der Waals surface area contributed by atoms with Gasteiger partial charge in [-0.1, -0.05) is 218 Å². The van der Waals surface area contributed by atoms with Crippen LogP contribution in [0, 0.1) is 0 Å². The van der Waals surface area contributed by atoms with Crippen molar-refractivity contribution >= 4 is 86.7 Å². The second kappa shape index (κ2) is 17.4. The minimum atomic E-state index is -0.715. The number of hydrogen-bond donors (Lipinski definition) is 2. The lowest BCUT2D eigenvalue weighted by Gasteiger charge is -2.10. The third-order valence-corrected chi connectivity index (χ3v) is 15.5. The molecule has 3 aliphatic rings. The van der Waals surface area contributed by atoms with Crippen molar-refractivity contribution in [3.05, 3.63) is 266 Å². The van der Waals surface area contributed by atoms with Gasteiger partial charge in [0.1, 0.15) is 0 Å². The Hall–Kier alpha value is -10.7. The highest BCUT2D eigenvalue weighted by atomic mass is 14.8. The van der Waals surface area contributed by atoms with E-state index in [1.165, 1.54) is 0 Å². The number of nitrogens with one attached hydrogen (secondary N) is 2. The Morgan fingerprint density at radius 1 is 0.250 bits per heavy atom. The topological polar surface area (TPSA) is 57.4 Å². The van der Waals surface area contributed by atoms with Crippen molar-refractivity contribution in [3.8, 4) is 89.5 Å². The molecule has 2 N–H and O–H groups in total. The van der Waals surface area contributed by atoms with Crippen LogP contribution in [0.5, 0.6) is 0 Å². The van der Waals surface area contributed by atoms with E-state index in [0.29, 0.717) is 64.6 Å². The van der Waals surface area contributed by atoms with Crippen molar-refractivity contribution in [3.63, 3.8) is 0 Å². The average Bonchev–Trinajstić information content (AvgIpc) is 1.54. The normalized spacial score (nSPS) is 15.5. The molecule has 14 aromatic rings. The minimum absolute atomic E-state index is 0.0432. The molecular weight excluding hydrogens is 969 g/mol. The van der Waals surface area contributed by atoms with Gasteiger partial charge in [0.05, 0.1) is 72.3 Å². The summed E-state index contributed by atoms with van der Waals surface area (Å²) in [6.07, 6.45) is 0. The number of benzene rings is 12. The quantitative estimate of drug-likeness (QED) is 0.185. The van der Waals surface area contributed by atoms with E-state index >= 15 is 0 Å². The molecule has 2 aliphatic heterocycles. The monoisotopic (exact) mass is 1030 g/mol. The summed E-state index contributed by atoms with van der Waals surface area (Å²) in [5.41, 5.74) is -0.736. The molecule has 0 spiro atoms. The van der Waals surface area contributed by atoms with E-state index in [9.17, 15) is 21.9 Å². The van der Waals surface area contributed by atoms with Crippen molar-refractivity contribution in [1.29, 1.82) is 0 Å². The molecule has 12 aromatic carbocycles. The molecule has 4 nitrogen and oxygen atoms in total. The van der Waals surface area contributed by atoms with Gasteiger partial charge >= 0.3 is 0 Å². The van der Waals surface area contributed by atoms with E-state index in [0.717, 1.165) is 0 Å². The minimum Gasteiger partial charge on any atom is -0.353 e. The first-order chi connectivity index (χ1) is 47.9. The maximum absolute atomic E-state index is 10.0.